The summed E-state index contributed by atoms with van der Waals surface area (Å²) in [6.45, 7) is 9.32. The van der Waals surface area contributed by atoms with Gasteiger partial charge in [-0.3, -0.25) is 4.79 Å². The SMILES string of the molecule is CC(=O)c1ncncc1B1OC(C)(C)C(C)(C)O1. The minimum atomic E-state index is -0.602. The Bertz CT molecular complexity index is 472. The van der Waals surface area contributed by atoms with Gasteiger partial charge in [-0.1, -0.05) is 0 Å². The Hall–Kier alpha value is -1.27. The Morgan fingerprint density at radius 3 is 2.28 bits per heavy atom. The topological polar surface area (TPSA) is 61.3 Å². The van der Waals surface area contributed by atoms with Gasteiger partial charge in [0.15, 0.2) is 5.78 Å². The maximum atomic E-state index is 11.5. The number of hydrogen-bond acceptors (Lipinski definition) is 5. The normalized spacial score (nSPS) is 21.1. The highest BCUT2D eigenvalue weighted by atomic mass is 16.7. The van der Waals surface area contributed by atoms with E-state index in [0.29, 0.717) is 11.2 Å². The Morgan fingerprint density at radius 1 is 1.22 bits per heavy atom. The van der Waals surface area contributed by atoms with Crippen LogP contribution in [0.2, 0.25) is 0 Å². The van der Waals surface area contributed by atoms with Crippen LogP contribution in [0.1, 0.15) is 45.1 Å². The molecule has 0 atom stereocenters. The molecule has 0 aromatic carbocycles. The number of aromatic nitrogens is 2. The molecular formula is C12H17BN2O3. The van der Waals surface area contributed by atoms with Crippen LogP contribution in [0, 0.1) is 0 Å². The van der Waals surface area contributed by atoms with Gasteiger partial charge < -0.3 is 9.31 Å². The molecule has 5 nitrogen and oxygen atoms in total. The number of hydrogen-bond donors (Lipinski definition) is 0. The summed E-state index contributed by atoms with van der Waals surface area (Å²) in [6, 6.07) is 0. The number of Topliss-reactive ketones (excluding diaryl/α,β-unsaturated/α-hetero) is 1. The van der Waals surface area contributed by atoms with Crippen LogP contribution in [0.4, 0.5) is 0 Å². The summed E-state index contributed by atoms with van der Waals surface area (Å²) in [6.07, 6.45) is 2.93. The highest BCUT2D eigenvalue weighted by Gasteiger charge is 2.52. The van der Waals surface area contributed by atoms with Gasteiger partial charge in [0.1, 0.15) is 12.0 Å². The van der Waals surface area contributed by atoms with E-state index in [1.165, 1.54) is 13.3 Å². The molecule has 0 saturated carbocycles. The van der Waals surface area contributed by atoms with Crippen LogP contribution in [0.25, 0.3) is 0 Å². The van der Waals surface area contributed by atoms with E-state index in [9.17, 15) is 4.79 Å². The smallest absolute Gasteiger partial charge is 0.399 e. The second kappa shape index (κ2) is 4.14. The molecule has 1 fully saturated rings. The van der Waals surface area contributed by atoms with Gasteiger partial charge in [0.25, 0.3) is 0 Å². The zero-order chi connectivity index (χ0) is 13.6. The third-order valence-corrected chi connectivity index (χ3v) is 3.58. The monoisotopic (exact) mass is 248 g/mol. The summed E-state index contributed by atoms with van der Waals surface area (Å²) in [4.78, 5) is 19.5. The first-order chi connectivity index (χ1) is 8.24. The molecule has 2 rings (SSSR count). The van der Waals surface area contributed by atoms with Crippen LogP contribution in [-0.2, 0) is 9.31 Å². The summed E-state index contributed by atoms with van der Waals surface area (Å²) in [5, 5.41) is 0. The van der Waals surface area contributed by atoms with E-state index in [0.717, 1.165) is 0 Å². The fourth-order valence-electron chi connectivity index (χ4n) is 1.78. The molecule has 0 radical (unpaired) electrons. The number of carbonyl (C=O) groups is 1. The predicted molar refractivity (Wildman–Crippen MR) is 67.8 cm³/mol. The maximum Gasteiger partial charge on any atom is 0.498 e. The van der Waals surface area contributed by atoms with Crippen molar-refractivity contribution in [1.82, 2.24) is 9.97 Å². The summed E-state index contributed by atoms with van der Waals surface area (Å²) in [5.74, 6) is -0.123. The number of ketones is 1. The first-order valence-corrected chi connectivity index (χ1v) is 5.91. The number of rotatable bonds is 2. The molecular weight excluding hydrogens is 231 g/mol. The molecule has 0 unspecified atom stereocenters. The molecule has 1 aromatic heterocycles. The van der Waals surface area contributed by atoms with Gasteiger partial charge in [0.2, 0.25) is 0 Å². The van der Waals surface area contributed by atoms with Crippen molar-refractivity contribution >= 4 is 18.4 Å². The lowest BCUT2D eigenvalue weighted by molar-refractivity contribution is 0.00578. The van der Waals surface area contributed by atoms with Crippen LogP contribution in [0.3, 0.4) is 0 Å². The molecule has 1 aliphatic rings. The molecule has 1 saturated heterocycles. The van der Waals surface area contributed by atoms with Crippen LogP contribution >= 0.6 is 0 Å². The van der Waals surface area contributed by atoms with Crippen molar-refractivity contribution in [2.75, 3.05) is 0 Å². The molecule has 1 aromatic rings. The van der Waals surface area contributed by atoms with Gasteiger partial charge >= 0.3 is 7.12 Å². The largest absolute Gasteiger partial charge is 0.498 e. The summed E-state index contributed by atoms with van der Waals surface area (Å²) < 4.78 is 11.8. The van der Waals surface area contributed by atoms with E-state index in [2.05, 4.69) is 9.97 Å². The minimum absolute atomic E-state index is 0.123. The molecule has 0 bridgehead atoms. The lowest BCUT2D eigenvalue weighted by Gasteiger charge is -2.32. The van der Waals surface area contributed by atoms with Crippen LogP contribution in [-0.4, -0.2) is 34.1 Å². The Balaban J connectivity index is 2.38. The number of carbonyl (C=O) groups excluding carboxylic acids is 1. The molecule has 2 heterocycles. The Kier molecular flexibility index (Phi) is 3.03. The quantitative estimate of drug-likeness (QED) is 0.576. The Labute approximate surface area is 107 Å². The molecule has 0 spiro atoms. The van der Waals surface area contributed by atoms with Crippen molar-refractivity contribution in [2.24, 2.45) is 0 Å². The number of nitrogens with zero attached hydrogens (tertiary/aromatic N) is 2. The zero-order valence-electron chi connectivity index (χ0n) is 11.4. The van der Waals surface area contributed by atoms with E-state index in [1.807, 2.05) is 27.7 Å². The zero-order valence-corrected chi connectivity index (χ0v) is 11.4. The lowest BCUT2D eigenvalue weighted by atomic mass is 9.78. The summed E-state index contributed by atoms with van der Waals surface area (Å²) >= 11 is 0. The molecule has 0 amide bonds. The molecule has 6 heteroatoms. The van der Waals surface area contributed by atoms with Gasteiger partial charge in [0.05, 0.1) is 11.2 Å². The van der Waals surface area contributed by atoms with E-state index in [1.54, 1.807) is 6.20 Å². The van der Waals surface area contributed by atoms with Gasteiger partial charge in [-0.2, -0.15) is 0 Å². The molecule has 96 valence electrons. The predicted octanol–water partition coefficient (Wildman–Crippen LogP) is 0.978. The highest BCUT2D eigenvalue weighted by molar-refractivity contribution is 6.63. The summed E-state index contributed by atoms with van der Waals surface area (Å²) in [7, 11) is -0.602. The Morgan fingerprint density at radius 2 is 1.78 bits per heavy atom. The van der Waals surface area contributed by atoms with Crippen molar-refractivity contribution in [2.45, 2.75) is 45.8 Å². The third-order valence-electron chi connectivity index (χ3n) is 3.58. The third kappa shape index (κ3) is 2.06. The van der Waals surface area contributed by atoms with Crippen molar-refractivity contribution < 1.29 is 14.1 Å². The molecule has 0 aliphatic carbocycles. The van der Waals surface area contributed by atoms with Gasteiger partial charge in [0, 0.05) is 18.6 Å². The second-order valence-electron chi connectivity index (χ2n) is 5.47. The first-order valence-electron chi connectivity index (χ1n) is 5.91. The lowest BCUT2D eigenvalue weighted by Crippen LogP contribution is -2.41. The van der Waals surface area contributed by atoms with E-state index >= 15 is 0 Å². The van der Waals surface area contributed by atoms with Gasteiger partial charge in [-0.25, -0.2) is 9.97 Å². The second-order valence-corrected chi connectivity index (χ2v) is 5.47. The van der Waals surface area contributed by atoms with Crippen molar-refractivity contribution in [1.29, 1.82) is 0 Å². The van der Waals surface area contributed by atoms with Crippen LogP contribution < -0.4 is 5.46 Å². The first kappa shape index (κ1) is 13.2. The highest BCUT2D eigenvalue weighted by Crippen LogP contribution is 2.36. The maximum absolute atomic E-state index is 11.5. The fraction of sp³-hybridized carbons (Fsp3) is 0.583. The fourth-order valence-corrected chi connectivity index (χ4v) is 1.78. The average Bonchev–Trinajstić information content (AvgIpc) is 2.48. The average molecular weight is 248 g/mol. The van der Waals surface area contributed by atoms with Crippen LogP contribution in [0.5, 0.6) is 0 Å². The van der Waals surface area contributed by atoms with E-state index < -0.39 is 18.3 Å². The van der Waals surface area contributed by atoms with Crippen molar-refractivity contribution in [3.63, 3.8) is 0 Å². The molecule has 0 N–H and O–H groups in total. The van der Waals surface area contributed by atoms with E-state index in [4.69, 9.17) is 9.31 Å². The minimum Gasteiger partial charge on any atom is -0.399 e. The van der Waals surface area contributed by atoms with Gasteiger partial charge in [-0.15, -0.1) is 0 Å². The summed E-state index contributed by atoms with van der Waals surface area (Å²) in [5.41, 5.74) is 0.0514. The van der Waals surface area contributed by atoms with Crippen LogP contribution in [0.15, 0.2) is 12.5 Å². The van der Waals surface area contributed by atoms with Gasteiger partial charge in [-0.05, 0) is 27.7 Å². The van der Waals surface area contributed by atoms with Crippen molar-refractivity contribution in [3.05, 3.63) is 18.2 Å². The van der Waals surface area contributed by atoms with Crippen molar-refractivity contribution in [3.8, 4) is 0 Å². The van der Waals surface area contributed by atoms with E-state index in [-0.39, 0.29) is 5.78 Å². The molecule has 1 aliphatic heterocycles. The standard InChI is InChI=1S/C12H17BN2O3/c1-8(16)10-9(6-14-7-15-10)13-17-11(2,3)12(4,5)18-13/h6-7H,1-5H3. The molecule has 18 heavy (non-hydrogen) atoms.